The number of rotatable bonds is 6. The van der Waals surface area contributed by atoms with Crippen LogP contribution in [0.15, 0.2) is 17.8 Å². The minimum atomic E-state index is 0.375. The van der Waals surface area contributed by atoms with Gasteiger partial charge in [0.2, 0.25) is 0 Å². The molecule has 0 aromatic carbocycles. The lowest BCUT2D eigenvalue weighted by Crippen LogP contribution is -2.37. The number of aromatic nitrogens is 2. The number of nitrogens with zero attached hydrogens (tertiary/aromatic N) is 2. The topological polar surface area (TPSA) is 38.6 Å². The molecule has 0 spiro atoms. The van der Waals surface area contributed by atoms with Gasteiger partial charge in [-0.3, -0.25) is 4.40 Å². The fourth-order valence-electron chi connectivity index (χ4n) is 1.76. The van der Waals surface area contributed by atoms with Crippen LogP contribution >= 0.6 is 11.3 Å². The van der Waals surface area contributed by atoms with Gasteiger partial charge in [-0.1, -0.05) is 13.8 Å². The van der Waals surface area contributed by atoms with Gasteiger partial charge in [-0.2, -0.15) is 0 Å². The minimum Gasteiger partial charge on any atom is -0.383 e. The monoisotopic (exact) mass is 253 g/mol. The number of ether oxygens (including phenoxy) is 1. The molecular weight excluding hydrogens is 234 g/mol. The zero-order chi connectivity index (χ0) is 12.3. The molecule has 4 nitrogen and oxygen atoms in total. The van der Waals surface area contributed by atoms with Crippen LogP contribution in [-0.4, -0.2) is 29.1 Å². The number of nitrogens with one attached hydrogen (secondary N) is 1. The van der Waals surface area contributed by atoms with Gasteiger partial charge in [0.25, 0.3) is 0 Å². The van der Waals surface area contributed by atoms with Crippen molar-refractivity contribution in [3.63, 3.8) is 0 Å². The number of methoxy groups -OCH3 is 1. The Morgan fingerprint density at radius 1 is 1.53 bits per heavy atom. The van der Waals surface area contributed by atoms with E-state index in [0.29, 0.717) is 12.0 Å². The Bertz CT molecular complexity index is 434. The molecule has 0 aliphatic carbocycles. The predicted molar refractivity (Wildman–Crippen MR) is 70.4 cm³/mol. The van der Waals surface area contributed by atoms with E-state index in [1.165, 1.54) is 0 Å². The Kier molecular flexibility index (Phi) is 4.15. The molecule has 0 radical (unpaired) electrons. The second-order valence-corrected chi connectivity index (χ2v) is 5.38. The van der Waals surface area contributed by atoms with Crippen molar-refractivity contribution in [2.45, 2.75) is 26.4 Å². The maximum Gasteiger partial charge on any atom is 0.193 e. The molecule has 1 N–H and O–H groups in total. The first kappa shape index (κ1) is 12.5. The van der Waals surface area contributed by atoms with Crippen molar-refractivity contribution in [1.82, 2.24) is 14.7 Å². The van der Waals surface area contributed by atoms with Gasteiger partial charge in [-0.05, 0) is 5.92 Å². The number of imidazole rings is 1. The molecule has 1 unspecified atom stereocenters. The number of thiazole rings is 1. The lowest BCUT2D eigenvalue weighted by molar-refractivity contribution is 0.146. The van der Waals surface area contributed by atoms with Crippen LogP contribution in [-0.2, 0) is 11.3 Å². The van der Waals surface area contributed by atoms with Gasteiger partial charge in [-0.25, -0.2) is 4.98 Å². The summed E-state index contributed by atoms with van der Waals surface area (Å²) in [5.41, 5.74) is 1.08. The summed E-state index contributed by atoms with van der Waals surface area (Å²) >= 11 is 1.66. The van der Waals surface area contributed by atoms with Crippen molar-refractivity contribution < 1.29 is 4.74 Å². The maximum absolute atomic E-state index is 5.21. The number of hydrogen-bond donors (Lipinski definition) is 1. The van der Waals surface area contributed by atoms with Crippen LogP contribution in [0, 0.1) is 5.92 Å². The molecule has 0 saturated carbocycles. The van der Waals surface area contributed by atoms with Crippen LogP contribution < -0.4 is 5.32 Å². The first-order valence-electron chi connectivity index (χ1n) is 5.84. The van der Waals surface area contributed by atoms with E-state index in [4.69, 9.17) is 4.74 Å². The second kappa shape index (κ2) is 5.62. The highest BCUT2D eigenvalue weighted by Crippen LogP contribution is 2.11. The summed E-state index contributed by atoms with van der Waals surface area (Å²) in [6.07, 6.45) is 4.11. The SMILES string of the molecule is COCC(NCc1cn2ccsc2n1)C(C)C. The van der Waals surface area contributed by atoms with Gasteiger partial charge in [0.15, 0.2) is 4.96 Å². The first-order valence-corrected chi connectivity index (χ1v) is 6.72. The summed E-state index contributed by atoms with van der Waals surface area (Å²) in [6.45, 7) is 5.92. The molecule has 2 aromatic heterocycles. The normalized spacial score (nSPS) is 13.6. The lowest BCUT2D eigenvalue weighted by atomic mass is 10.1. The second-order valence-electron chi connectivity index (χ2n) is 4.51. The molecule has 17 heavy (non-hydrogen) atoms. The van der Waals surface area contributed by atoms with Crippen molar-refractivity contribution in [2.75, 3.05) is 13.7 Å². The first-order chi connectivity index (χ1) is 8.20. The van der Waals surface area contributed by atoms with E-state index in [9.17, 15) is 0 Å². The molecule has 0 fully saturated rings. The molecule has 2 heterocycles. The Morgan fingerprint density at radius 2 is 2.35 bits per heavy atom. The summed E-state index contributed by atoms with van der Waals surface area (Å²) < 4.78 is 7.27. The Balaban J connectivity index is 1.94. The van der Waals surface area contributed by atoms with Gasteiger partial charge >= 0.3 is 0 Å². The third-order valence-corrected chi connectivity index (χ3v) is 3.61. The fraction of sp³-hybridized carbons (Fsp3) is 0.583. The quantitative estimate of drug-likeness (QED) is 0.857. The van der Waals surface area contributed by atoms with Gasteiger partial charge in [-0.15, -0.1) is 11.3 Å². The maximum atomic E-state index is 5.21. The average molecular weight is 253 g/mol. The molecule has 2 rings (SSSR count). The molecular formula is C12H19N3OS. The van der Waals surface area contributed by atoms with Crippen LogP contribution in [0.5, 0.6) is 0 Å². The molecule has 0 amide bonds. The third kappa shape index (κ3) is 3.06. The van der Waals surface area contributed by atoms with Crippen molar-refractivity contribution in [3.8, 4) is 0 Å². The van der Waals surface area contributed by atoms with Crippen LogP contribution in [0.1, 0.15) is 19.5 Å². The molecule has 0 aliphatic rings. The predicted octanol–water partition coefficient (Wildman–Crippen LogP) is 2.16. The van der Waals surface area contributed by atoms with Gasteiger partial charge in [0.05, 0.1) is 12.3 Å². The largest absolute Gasteiger partial charge is 0.383 e. The molecule has 0 bridgehead atoms. The Labute approximate surface area is 106 Å². The van der Waals surface area contributed by atoms with Crippen molar-refractivity contribution in [2.24, 2.45) is 5.92 Å². The summed E-state index contributed by atoms with van der Waals surface area (Å²) in [7, 11) is 1.74. The molecule has 94 valence electrons. The highest BCUT2D eigenvalue weighted by atomic mass is 32.1. The number of hydrogen-bond acceptors (Lipinski definition) is 4. The van der Waals surface area contributed by atoms with Crippen molar-refractivity contribution in [1.29, 1.82) is 0 Å². The zero-order valence-electron chi connectivity index (χ0n) is 10.5. The van der Waals surface area contributed by atoms with E-state index in [0.717, 1.165) is 23.8 Å². The third-order valence-electron chi connectivity index (χ3n) is 2.84. The smallest absolute Gasteiger partial charge is 0.193 e. The summed E-state index contributed by atoms with van der Waals surface area (Å²) in [5, 5.41) is 5.53. The molecule has 0 aliphatic heterocycles. The van der Waals surface area contributed by atoms with E-state index in [-0.39, 0.29) is 0 Å². The van der Waals surface area contributed by atoms with Crippen molar-refractivity contribution >= 4 is 16.3 Å². The average Bonchev–Trinajstić information content (AvgIpc) is 2.83. The van der Waals surface area contributed by atoms with E-state index in [2.05, 4.69) is 34.7 Å². The highest BCUT2D eigenvalue weighted by Gasteiger charge is 2.13. The Morgan fingerprint density at radius 3 is 3.00 bits per heavy atom. The summed E-state index contributed by atoms with van der Waals surface area (Å²) in [4.78, 5) is 5.59. The van der Waals surface area contributed by atoms with E-state index >= 15 is 0 Å². The van der Waals surface area contributed by atoms with Gasteiger partial charge in [0.1, 0.15) is 0 Å². The van der Waals surface area contributed by atoms with E-state index < -0.39 is 0 Å². The van der Waals surface area contributed by atoms with Crippen LogP contribution in [0.2, 0.25) is 0 Å². The fourth-order valence-corrected chi connectivity index (χ4v) is 2.48. The lowest BCUT2D eigenvalue weighted by Gasteiger charge is -2.20. The standard InChI is InChI=1S/C12H19N3OS/c1-9(2)11(8-16-3)13-6-10-7-15-4-5-17-12(15)14-10/h4-5,7,9,11,13H,6,8H2,1-3H3. The number of fused-ring (bicyclic) bond motifs is 1. The van der Waals surface area contributed by atoms with E-state index in [1.54, 1.807) is 18.4 Å². The van der Waals surface area contributed by atoms with Gasteiger partial charge in [0, 0.05) is 37.5 Å². The minimum absolute atomic E-state index is 0.375. The van der Waals surface area contributed by atoms with Crippen LogP contribution in [0.3, 0.4) is 0 Å². The zero-order valence-corrected chi connectivity index (χ0v) is 11.3. The molecule has 2 aromatic rings. The van der Waals surface area contributed by atoms with Crippen LogP contribution in [0.4, 0.5) is 0 Å². The molecule has 1 atom stereocenters. The highest BCUT2D eigenvalue weighted by molar-refractivity contribution is 7.15. The molecule has 0 saturated heterocycles. The van der Waals surface area contributed by atoms with Crippen molar-refractivity contribution in [3.05, 3.63) is 23.5 Å². The molecule has 5 heteroatoms. The van der Waals surface area contributed by atoms with Gasteiger partial charge < -0.3 is 10.1 Å². The summed E-state index contributed by atoms with van der Waals surface area (Å²) in [5.74, 6) is 0.554. The van der Waals surface area contributed by atoms with E-state index in [1.807, 2.05) is 11.6 Å². The summed E-state index contributed by atoms with van der Waals surface area (Å²) in [6, 6.07) is 0.375. The Hall–Kier alpha value is -0.910. The van der Waals surface area contributed by atoms with Crippen LogP contribution in [0.25, 0.3) is 4.96 Å².